The lowest BCUT2D eigenvalue weighted by Gasteiger charge is -2.32. The second kappa shape index (κ2) is 6.87. The van der Waals surface area contributed by atoms with Gasteiger partial charge >= 0.3 is 0 Å². The van der Waals surface area contributed by atoms with Crippen molar-refractivity contribution < 1.29 is 4.74 Å². The molecule has 2 rings (SSSR count). The molecule has 4 nitrogen and oxygen atoms in total. The highest BCUT2D eigenvalue weighted by atomic mass is 16.5. The fourth-order valence-electron chi connectivity index (χ4n) is 2.56. The first-order chi connectivity index (χ1) is 9.20. The maximum Gasteiger partial charge on any atom is 0.127 e. The summed E-state index contributed by atoms with van der Waals surface area (Å²) in [5.41, 5.74) is 2.14. The molecule has 2 heterocycles. The molecule has 0 aromatic carbocycles. The summed E-state index contributed by atoms with van der Waals surface area (Å²) in [6.45, 7) is 4.76. The van der Waals surface area contributed by atoms with E-state index in [9.17, 15) is 0 Å². The molecule has 1 fully saturated rings. The number of ether oxygens (including phenoxy) is 1. The van der Waals surface area contributed by atoms with Crippen LogP contribution in [0.15, 0.2) is 12.3 Å². The van der Waals surface area contributed by atoms with Crippen molar-refractivity contribution in [2.75, 3.05) is 27.2 Å². The summed E-state index contributed by atoms with van der Waals surface area (Å²) in [6, 6.07) is 2.58. The average Bonchev–Trinajstić information content (AvgIpc) is 2.41. The summed E-state index contributed by atoms with van der Waals surface area (Å²) in [5, 5.41) is 3.16. The van der Waals surface area contributed by atoms with Crippen LogP contribution in [0.3, 0.4) is 0 Å². The number of rotatable bonds is 5. The van der Waals surface area contributed by atoms with Crippen molar-refractivity contribution in [2.24, 2.45) is 0 Å². The summed E-state index contributed by atoms with van der Waals surface area (Å²) in [5.74, 6) is 0.973. The number of hydrogen-bond acceptors (Lipinski definition) is 4. The van der Waals surface area contributed by atoms with Gasteiger partial charge in [-0.05, 0) is 40.4 Å². The Morgan fingerprint density at radius 1 is 1.47 bits per heavy atom. The van der Waals surface area contributed by atoms with E-state index in [0.29, 0.717) is 6.04 Å². The van der Waals surface area contributed by atoms with E-state index in [1.54, 1.807) is 0 Å². The van der Waals surface area contributed by atoms with Crippen molar-refractivity contribution in [1.82, 2.24) is 15.2 Å². The van der Waals surface area contributed by atoms with E-state index in [1.807, 2.05) is 26.2 Å². The number of likely N-dealkylation sites (tertiary alicyclic amines) is 1. The zero-order chi connectivity index (χ0) is 13.7. The van der Waals surface area contributed by atoms with Gasteiger partial charge in [0.15, 0.2) is 0 Å². The largest absolute Gasteiger partial charge is 0.491 e. The SMILES string of the molecule is CNCc1cnc(C)cc1OCC1CCCCN1C. The monoisotopic (exact) mass is 263 g/mol. The van der Waals surface area contributed by atoms with Crippen molar-refractivity contribution in [1.29, 1.82) is 0 Å². The molecular formula is C15H25N3O. The highest BCUT2D eigenvalue weighted by Gasteiger charge is 2.19. The predicted octanol–water partition coefficient (Wildman–Crippen LogP) is 1.97. The molecule has 1 aromatic rings. The first-order valence-corrected chi connectivity index (χ1v) is 7.14. The van der Waals surface area contributed by atoms with Crippen LogP contribution in [0.25, 0.3) is 0 Å². The smallest absolute Gasteiger partial charge is 0.127 e. The van der Waals surface area contributed by atoms with Crippen LogP contribution in [0.1, 0.15) is 30.5 Å². The highest BCUT2D eigenvalue weighted by molar-refractivity contribution is 5.32. The molecule has 106 valence electrons. The van der Waals surface area contributed by atoms with Crippen LogP contribution in [0, 0.1) is 6.92 Å². The quantitative estimate of drug-likeness (QED) is 0.881. The van der Waals surface area contributed by atoms with Gasteiger partial charge < -0.3 is 15.0 Å². The molecule has 4 heteroatoms. The van der Waals surface area contributed by atoms with Gasteiger partial charge in [0.1, 0.15) is 12.4 Å². The summed E-state index contributed by atoms with van der Waals surface area (Å²) < 4.78 is 6.06. The standard InChI is InChI=1S/C15H25N3O/c1-12-8-15(13(9-16-2)10-17-12)19-11-14-6-4-5-7-18(14)3/h8,10,14,16H,4-7,9,11H2,1-3H3. The number of pyridine rings is 1. The van der Waals surface area contributed by atoms with Crippen LogP contribution in [-0.4, -0.2) is 43.2 Å². The maximum atomic E-state index is 6.06. The van der Waals surface area contributed by atoms with Crippen molar-refractivity contribution in [3.63, 3.8) is 0 Å². The van der Waals surface area contributed by atoms with E-state index in [2.05, 4.69) is 22.2 Å². The van der Waals surface area contributed by atoms with Crippen LogP contribution in [-0.2, 0) is 6.54 Å². The Labute approximate surface area is 116 Å². The normalized spacial score (nSPS) is 20.5. The molecule has 0 radical (unpaired) electrons. The number of hydrogen-bond donors (Lipinski definition) is 1. The molecule has 0 spiro atoms. The molecule has 1 unspecified atom stereocenters. The molecule has 1 aliphatic heterocycles. The summed E-state index contributed by atoms with van der Waals surface area (Å²) in [7, 11) is 4.14. The van der Waals surface area contributed by atoms with Crippen molar-refractivity contribution in [3.05, 3.63) is 23.5 Å². The maximum absolute atomic E-state index is 6.06. The molecule has 0 amide bonds. The molecule has 1 saturated heterocycles. The molecule has 0 bridgehead atoms. The number of nitrogens with zero attached hydrogens (tertiary/aromatic N) is 2. The van der Waals surface area contributed by atoms with E-state index in [4.69, 9.17) is 4.74 Å². The molecule has 0 saturated carbocycles. The number of aromatic nitrogens is 1. The molecule has 1 aliphatic rings. The summed E-state index contributed by atoms with van der Waals surface area (Å²) in [4.78, 5) is 6.75. The zero-order valence-corrected chi connectivity index (χ0v) is 12.3. The van der Waals surface area contributed by atoms with Gasteiger partial charge in [-0.1, -0.05) is 6.42 Å². The predicted molar refractivity (Wildman–Crippen MR) is 77.5 cm³/mol. The van der Waals surface area contributed by atoms with Crippen LogP contribution in [0.2, 0.25) is 0 Å². The lowest BCUT2D eigenvalue weighted by atomic mass is 10.0. The Hall–Kier alpha value is -1.13. The van der Waals surface area contributed by atoms with Gasteiger partial charge in [-0.25, -0.2) is 0 Å². The molecule has 1 aromatic heterocycles. The fraction of sp³-hybridized carbons (Fsp3) is 0.667. The average molecular weight is 263 g/mol. The lowest BCUT2D eigenvalue weighted by Crippen LogP contribution is -2.40. The third kappa shape index (κ3) is 3.91. The van der Waals surface area contributed by atoms with Crippen molar-refractivity contribution in [2.45, 2.75) is 38.8 Å². The van der Waals surface area contributed by atoms with Gasteiger partial charge in [-0.15, -0.1) is 0 Å². The Morgan fingerprint density at radius 3 is 3.05 bits per heavy atom. The van der Waals surface area contributed by atoms with Gasteiger partial charge in [0, 0.05) is 36.1 Å². The van der Waals surface area contributed by atoms with Gasteiger partial charge in [0.05, 0.1) is 0 Å². The third-order valence-electron chi connectivity index (χ3n) is 3.80. The van der Waals surface area contributed by atoms with E-state index in [0.717, 1.165) is 30.2 Å². The molecule has 0 aliphatic carbocycles. The van der Waals surface area contributed by atoms with Crippen LogP contribution >= 0.6 is 0 Å². The Morgan fingerprint density at radius 2 is 2.32 bits per heavy atom. The van der Waals surface area contributed by atoms with Crippen molar-refractivity contribution in [3.8, 4) is 5.75 Å². The van der Waals surface area contributed by atoms with Gasteiger partial charge in [0.2, 0.25) is 0 Å². The fourth-order valence-corrected chi connectivity index (χ4v) is 2.56. The van der Waals surface area contributed by atoms with E-state index < -0.39 is 0 Å². The molecule has 1 N–H and O–H groups in total. The Bertz CT molecular complexity index is 408. The van der Waals surface area contributed by atoms with E-state index >= 15 is 0 Å². The van der Waals surface area contributed by atoms with E-state index in [-0.39, 0.29) is 0 Å². The summed E-state index contributed by atoms with van der Waals surface area (Å²) in [6.07, 6.45) is 5.77. The Balaban J connectivity index is 1.99. The van der Waals surface area contributed by atoms with Crippen LogP contribution in [0.4, 0.5) is 0 Å². The molecular weight excluding hydrogens is 238 g/mol. The summed E-state index contributed by atoms with van der Waals surface area (Å²) >= 11 is 0. The first kappa shape index (κ1) is 14.3. The topological polar surface area (TPSA) is 37.4 Å². The van der Waals surface area contributed by atoms with Crippen LogP contribution < -0.4 is 10.1 Å². The molecule has 1 atom stereocenters. The number of nitrogens with one attached hydrogen (secondary N) is 1. The number of aryl methyl sites for hydroxylation is 1. The Kier molecular flexibility index (Phi) is 5.16. The van der Waals surface area contributed by atoms with Crippen molar-refractivity contribution >= 4 is 0 Å². The third-order valence-corrected chi connectivity index (χ3v) is 3.80. The van der Waals surface area contributed by atoms with Gasteiger partial charge in [-0.3, -0.25) is 4.98 Å². The van der Waals surface area contributed by atoms with Crippen LogP contribution in [0.5, 0.6) is 5.75 Å². The number of likely N-dealkylation sites (N-methyl/N-ethyl adjacent to an activating group) is 1. The lowest BCUT2D eigenvalue weighted by molar-refractivity contribution is 0.124. The second-order valence-corrected chi connectivity index (χ2v) is 5.40. The minimum Gasteiger partial charge on any atom is -0.491 e. The number of piperidine rings is 1. The van der Waals surface area contributed by atoms with Gasteiger partial charge in [-0.2, -0.15) is 0 Å². The molecule has 19 heavy (non-hydrogen) atoms. The van der Waals surface area contributed by atoms with Gasteiger partial charge in [0.25, 0.3) is 0 Å². The zero-order valence-electron chi connectivity index (χ0n) is 12.3. The highest BCUT2D eigenvalue weighted by Crippen LogP contribution is 2.21. The first-order valence-electron chi connectivity index (χ1n) is 7.14. The minimum atomic E-state index is 0.546. The van der Waals surface area contributed by atoms with E-state index in [1.165, 1.54) is 25.8 Å². The second-order valence-electron chi connectivity index (χ2n) is 5.40. The minimum absolute atomic E-state index is 0.546.